The number of hydrogen-bond acceptors (Lipinski definition) is 3. The van der Waals surface area contributed by atoms with Crippen molar-refractivity contribution in [2.24, 2.45) is 53.1 Å². The molecule has 0 aromatic rings. The van der Waals surface area contributed by atoms with E-state index in [1.165, 1.54) is 16.7 Å². The normalized spacial score (nSPS) is 41.8. The second-order valence-corrected chi connectivity index (χ2v) is 13.5. The van der Waals surface area contributed by atoms with Crippen LogP contribution in [0.3, 0.4) is 0 Å². The van der Waals surface area contributed by atoms with Gasteiger partial charge < -0.3 is 10.5 Å². The molecule has 0 amide bonds. The minimum absolute atomic E-state index is 0.0172. The Labute approximate surface area is 242 Å². The van der Waals surface area contributed by atoms with Crippen molar-refractivity contribution in [3.05, 3.63) is 48.1 Å². The Kier molecular flexibility index (Phi) is 13.8. The van der Waals surface area contributed by atoms with Gasteiger partial charge in [0.25, 0.3) is 0 Å². The minimum Gasteiger partial charge on any atom is -0.374 e. The summed E-state index contributed by atoms with van der Waals surface area (Å²) in [5, 5.41) is 9.70. The first-order chi connectivity index (χ1) is 18.4. The molecule has 3 nitrogen and oxygen atoms in total. The molecular formula is C36H60N2O. The molecule has 11 atom stereocenters. The number of hydrogen-bond donors (Lipinski definition) is 1. The molecule has 2 rings (SSSR count). The van der Waals surface area contributed by atoms with Crippen LogP contribution >= 0.6 is 0 Å². The SMILES string of the molecule is C=C1CC(N)[C@H](C)[C@@H](OC2CC(C)C(C#N)[C@@H](C)C2)[C@@H](CCC)C[C@@H](C)C(=C)/C=C/C(C)=C/[C@H](C)[C@@H](CC)C1. The van der Waals surface area contributed by atoms with Gasteiger partial charge in [-0.2, -0.15) is 5.26 Å². The predicted molar refractivity (Wildman–Crippen MR) is 168 cm³/mol. The smallest absolute Gasteiger partial charge is 0.0661 e. The highest BCUT2D eigenvalue weighted by Crippen LogP contribution is 2.40. The molecule has 0 radical (unpaired) electrons. The van der Waals surface area contributed by atoms with E-state index < -0.39 is 0 Å². The lowest BCUT2D eigenvalue weighted by Crippen LogP contribution is -2.45. The summed E-state index contributed by atoms with van der Waals surface area (Å²) in [5.41, 5.74) is 10.8. The van der Waals surface area contributed by atoms with Gasteiger partial charge in [0.15, 0.2) is 0 Å². The Balaban J connectivity index is 2.42. The number of rotatable bonds is 5. The number of nitrogens with zero attached hydrogens (tertiary/aromatic N) is 1. The Morgan fingerprint density at radius 2 is 1.62 bits per heavy atom. The predicted octanol–water partition coefficient (Wildman–Crippen LogP) is 9.42. The maximum atomic E-state index is 9.70. The van der Waals surface area contributed by atoms with Gasteiger partial charge in [0, 0.05) is 6.04 Å². The lowest BCUT2D eigenvalue weighted by atomic mass is 9.72. The Hall–Kier alpha value is -1.63. The summed E-state index contributed by atoms with van der Waals surface area (Å²) in [4.78, 5) is 0. The third kappa shape index (κ3) is 9.75. The van der Waals surface area contributed by atoms with E-state index in [1.54, 1.807) is 0 Å². The van der Waals surface area contributed by atoms with E-state index in [4.69, 9.17) is 10.5 Å². The molecule has 39 heavy (non-hydrogen) atoms. The highest BCUT2D eigenvalue weighted by molar-refractivity contribution is 5.27. The Bertz CT molecular complexity index is 882. The van der Waals surface area contributed by atoms with Crippen molar-refractivity contribution in [3.63, 3.8) is 0 Å². The molecule has 0 aromatic heterocycles. The van der Waals surface area contributed by atoms with Crippen LogP contribution < -0.4 is 5.73 Å². The molecule has 1 fully saturated rings. The van der Waals surface area contributed by atoms with E-state index in [0.717, 1.165) is 51.4 Å². The highest BCUT2D eigenvalue weighted by Gasteiger charge is 2.39. The molecule has 3 heteroatoms. The van der Waals surface area contributed by atoms with Gasteiger partial charge in [0.2, 0.25) is 0 Å². The zero-order valence-electron chi connectivity index (χ0n) is 26.6. The Morgan fingerprint density at radius 1 is 0.974 bits per heavy atom. The van der Waals surface area contributed by atoms with E-state index in [9.17, 15) is 5.26 Å². The molecule has 0 aromatic carbocycles. The van der Waals surface area contributed by atoms with Crippen molar-refractivity contribution in [1.82, 2.24) is 0 Å². The maximum absolute atomic E-state index is 9.70. The summed E-state index contributed by atoms with van der Waals surface area (Å²) in [5.74, 6) is 2.90. The maximum Gasteiger partial charge on any atom is 0.0661 e. The average Bonchev–Trinajstić information content (AvgIpc) is 2.87. The summed E-state index contributed by atoms with van der Waals surface area (Å²) in [6.07, 6.45) is 15.4. The second kappa shape index (κ2) is 16.0. The summed E-state index contributed by atoms with van der Waals surface area (Å²) in [6.45, 7) is 27.2. The van der Waals surface area contributed by atoms with Crippen LogP contribution in [0.5, 0.6) is 0 Å². The number of nitrogens with two attached hydrogens (primary N) is 1. The van der Waals surface area contributed by atoms with Gasteiger partial charge in [0.05, 0.1) is 24.2 Å². The summed E-state index contributed by atoms with van der Waals surface area (Å²) in [6, 6.07) is 2.58. The van der Waals surface area contributed by atoms with Crippen LogP contribution in [0.1, 0.15) is 107 Å². The summed E-state index contributed by atoms with van der Waals surface area (Å²) in [7, 11) is 0. The average molecular weight is 537 g/mol. The minimum atomic E-state index is 0.0172. The van der Waals surface area contributed by atoms with Crippen molar-refractivity contribution in [2.75, 3.05) is 0 Å². The molecule has 0 aliphatic heterocycles. The molecule has 4 unspecified atom stereocenters. The lowest BCUT2D eigenvalue weighted by molar-refractivity contribution is -0.108. The summed E-state index contributed by atoms with van der Waals surface area (Å²) >= 11 is 0. The lowest BCUT2D eigenvalue weighted by Gasteiger charge is -2.42. The first kappa shape index (κ1) is 33.6. The molecule has 2 N–H and O–H groups in total. The molecule has 0 bridgehead atoms. The van der Waals surface area contributed by atoms with Gasteiger partial charge in [-0.1, -0.05) is 109 Å². The molecule has 220 valence electrons. The summed E-state index contributed by atoms with van der Waals surface area (Å²) < 4.78 is 7.14. The molecule has 0 heterocycles. The number of allylic oxidation sites excluding steroid dienone is 5. The fraction of sp³-hybridized carbons (Fsp3) is 0.750. The van der Waals surface area contributed by atoms with Crippen molar-refractivity contribution in [3.8, 4) is 6.07 Å². The van der Waals surface area contributed by atoms with Crippen LogP contribution in [-0.4, -0.2) is 18.2 Å². The van der Waals surface area contributed by atoms with Crippen LogP contribution in [0.25, 0.3) is 0 Å². The first-order valence-electron chi connectivity index (χ1n) is 15.9. The third-order valence-corrected chi connectivity index (χ3v) is 10.0. The molecule has 0 spiro atoms. The van der Waals surface area contributed by atoms with Gasteiger partial charge in [-0.05, 0) is 86.9 Å². The van der Waals surface area contributed by atoms with Crippen LogP contribution in [0, 0.1) is 58.7 Å². The van der Waals surface area contributed by atoms with Crippen molar-refractivity contribution < 1.29 is 4.74 Å². The van der Waals surface area contributed by atoms with Crippen LogP contribution in [0.4, 0.5) is 0 Å². The third-order valence-electron chi connectivity index (χ3n) is 10.0. The number of ether oxygens (including phenoxy) is 1. The van der Waals surface area contributed by atoms with Gasteiger partial charge in [-0.25, -0.2) is 0 Å². The van der Waals surface area contributed by atoms with Crippen molar-refractivity contribution >= 4 is 0 Å². The standard InChI is InChI=1S/C36H60N2O/c1-11-13-32-19-26(6)25(5)15-14-23(3)16-27(7)31(12-2)17-24(4)18-35(38)30(10)36(32)39-33-20-28(8)34(22-37)29(9)21-33/h14-16,26-36H,4-5,11-13,17-21,38H2,1-3,6-10H3/b15-14+,23-16+/t26-,27+,28+,29?,30+,31+,32+,33?,34?,35?,36-/m1/s1. The second-order valence-electron chi connectivity index (χ2n) is 13.5. The van der Waals surface area contributed by atoms with Gasteiger partial charge in [0.1, 0.15) is 0 Å². The van der Waals surface area contributed by atoms with Gasteiger partial charge in [-0.3, -0.25) is 0 Å². The molecule has 2 aliphatic rings. The first-order valence-corrected chi connectivity index (χ1v) is 15.9. The zero-order chi connectivity index (χ0) is 29.3. The molecular weight excluding hydrogens is 476 g/mol. The fourth-order valence-corrected chi connectivity index (χ4v) is 7.35. The van der Waals surface area contributed by atoms with E-state index in [2.05, 4.69) is 92.8 Å². The molecule has 1 saturated carbocycles. The highest BCUT2D eigenvalue weighted by atomic mass is 16.5. The van der Waals surface area contributed by atoms with Crippen LogP contribution in [-0.2, 0) is 4.74 Å². The van der Waals surface area contributed by atoms with E-state index >= 15 is 0 Å². The van der Waals surface area contributed by atoms with Crippen molar-refractivity contribution in [1.29, 1.82) is 5.26 Å². The quantitative estimate of drug-likeness (QED) is 0.356. The van der Waals surface area contributed by atoms with E-state index in [1.807, 2.05) is 0 Å². The fourth-order valence-electron chi connectivity index (χ4n) is 7.35. The largest absolute Gasteiger partial charge is 0.374 e. The van der Waals surface area contributed by atoms with Crippen LogP contribution in [0.2, 0.25) is 0 Å². The topological polar surface area (TPSA) is 59.0 Å². The van der Waals surface area contributed by atoms with E-state index in [-0.39, 0.29) is 30.1 Å². The molecule has 0 saturated heterocycles. The number of nitriles is 1. The van der Waals surface area contributed by atoms with E-state index in [0.29, 0.717) is 35.5 Å². The molecule has 2 aliphatic carbocycles. The Morgan fingerprint density at radius 3 is 2.18 bits per heavy atom. The van der Waals surface area contributed by atoms with Crippen LogP contribution in [0.15, 0.2) is 48.1 Å². The monoisotopic (exact) mass is 536 g/mol. The van der Waals surface area contributed by atoms with Gasteiger partial charge >= 0.3 is 0 Å². The zero-order valence-corrected chi connectivity index (χ0v) is 26.6. The van der Waals surface area contributed by atoms with Gasteiger partial charge in [-0.15, -0.1) is 0 Å². The van der Waals surface area contributed by atoms with Crippen molar-refractivity contribution in [2.45, 2.75) is 125 Å².